The molecule has 1 N–H and O–H groups in total. The zero-order chi connectivity index (χ0) is 6.41. The Morgan fingerprint density at radius 3 is 2.50 bits per heavy atom. The minimum absolute atomic E-state index is 0.818. The van der Waals surface area contributed by atoms with Crippen LogP contribution in [0.15, 0.2) is 0 Å². The topological polar surface area (TPSA) is 23.9 Å². The van der Waals surface area contributed by atoms with E-state index in [4.69, 9.17) is 5.41 Å². The number of hydrogen-bond acceptors (Lipinski definition) is 1. The Hall–Kier alpha value is -0.265. The first-order valence-corrected chi connectivity index (χ1v) is 3.31. The van der Waals surface area contributed by atoms with Gasteiger partial charge in [-0.2, -0.15) is 0 Å². The average molecular weight is 111 g/mol. The van der Waals surface area contributed by atoms with Crippen LogP contribution < -0.4 is 0 Å². The van der Waals surface area contributed by atoms with Gasteiger partial charge >= 0.3 is 0 Å². The minimum atomic E-state index is 0.818. The van der Waals surface area contributed by atoms with Gasteiger partial charge in [0, 0.05) is 0 Å². The van der Waals surface area contributed by atoms with Gasteiger partial charge in [-0.3, -0.25) is 0 Å². The molecule has 0 aliphatic rings. The van der Waals surface area contributed by atoms with Crippen molar-refractivity contribution in [3.05, 3.63) is 0 Å². The summed E-state index contributed by atoms with van der Waals surface area (Å²) in [5.74, 6) is 0. The Labute approximate surface area is 52.4 Å². The molecule has 0 bridgehead atoms. The number of hydrogen-bond donors (Lipinski definition) is 1. The normalized spacial score (nSPS) is 9.12. The Balaban J connectivity index is 2.82. The van der Waals surface area contributed by atoms with Gasteiger partial charge in [0.15, 0.2) is 7.85 Å². The predicted octanol–water partition coefficient (Wildman–Crippen LogP) is 1.18. The third kappa shape index (κ3) is 5.73. The summed E-state index contributed by atoms with van der Waals surface area (Å²) in [6.07, 6.45) is 4.73. The van der Waals surface area contributed by atoms with E-state index in [1.165, 1.54) is 19.3 Å². The quantitative estimate of drug-likeness (QED) is 0.320. The molecular weight excluding hydrogens is 96.9 g/mol. The molecule has 0 radical (unpaired) electrons. The van der Waals surface area contributed by atoms with Crippen molar-refractivity contribution in [1.82, 2.24) is 0 Å². The molecule has 46 valence electrons. The molecule has 0 saturated heterocycles. The molecule has 0 fully saturated rings. The van der Waals surface area contributed by atoms with E-state index in [2.05, 4.69) is 6.92 Å². The van der Waals surface area contributed by atoms with E-state index in [0.717, 1.165) is 12.0 Å². The highest BCUT2D eigenvalue weighted by molar-refractivity contribution is 6.58. The van der Waals surface area contributed by atoms with Crippen LogP contribution in [-0.2, 0) is 0 Å². The van der Waals surface area contributed by atoms with Crippen LogP contribution in [0.5, 0.6) is 0 Å². The van der Waals surface area contributed by atoms with Crippen molar-refractivity contribution in [3.8, 4) is 0 Å². The highest BCUT2D eigenvalue weighted by Crippen LogP contribution is 1.97. The molecule has 0 aromatic heterocycles. The van der Waals surface area contributed by atoms with Crippen molar-refractivity contribution in [1.29, 1.82) is 5.41 Å². The number of nitrogens with one attached hydrogen (secondary N) is 1. The molecule has 0 amide bonds. The maximum atomic E-state index is 7.07. The molecular formula is C6H14BN. The number of rotatable bonds is 4. The highest BCUT2D eigenvalue weighted by atomic mass is 14.3. The van der Waals surface area contributed by atoms with Gasteiger partial charge in [-0.05, 0) is 18.5 Å². The Kier molecular flexibility index (Phi) is 4.72. The summed E-state index contributed by atoms with van der Waals surface area (Å²) in [7, 11) is 1.87. The van der Waals surface area contributed by atoms with Crippen molar-refractivity contribution in [2.24, 2.45) is 0 Å². The van der Waals surface area contributed by atoms with Gasteiger partial charge in [-0.1, -0.05) is 19.8 Å². The fourth-order valence-electron chi connectivity index (χ4n) is 0.640. The zero-order valence-electron chi connectivity index (χ0n) is 5.83. The van der Waals surface area contributed by atoms with E-state index < -0.39 is 0 Å². The second-order valence-electron chi connectivity index (χ2n) is 2.24. The molecule has 0 rings (SSSR count). The Morgan fingerprint density at radius 1 is 1.50 bits per heavy atom. The van der Waals surface area contributed by atoms with Gasteiger partial charge < -0.3 is 5.41 Å². The highest BCUT2D eigenvalue weighted by Gasteiger charge is 1.86. The summed E-state index contributed by atoms with van der Waals surface area (Å²) >= 11 is 0. The Morgan fingerprint density at radius 2 is 2.12 bits per heavy atom. The molecule has 0 aliphatic heterocycles. The molecule has 0 spiro atoms. The van der Waals surface area contributed by atoms with Crippen LogP contribution in [0.1, 0.15) is 32.6 Å². The molecule has 0 saturated carbocycles. The second kappa shape index (κ2) is 4.88. The summed E-state index contributed by atoms with van der Waals surface area (Å²) < 4.78 is 0. The monoisotopic (exact) mass is 111 g/mol. The zero-order valence-corrected chi connectivity index (χ0v) is 5.83. The predicted molar refractivity (Wildman–Crippen MR) is 40.4 cm³/mol. The van der Waals surface area contributed by atoms with Gasteiger partial charge in [-0.15, -0.1) is 0 Å². The van der Waals surface area contributed by atoms with Gasteiger partial charge in [-0.25, -0.2) is 0 Å². The second-order valence-corrected chi connectivity index (χ2v) is 2.24. The smallest absolute Gasteiger partial charge is 0.157 e. The molecule has 2 heteroatoms. The third-order valence-corrected chi connectivity index (χ3v) is 1.16. The van der Waals surface area contributed by atoms with Crippen LogP contribution in [-0.4, -0.2) is 13.5 Å². The summed E-state index contributed by atoms with van der Waals surface area (Å²) in [6.45, 7) is 2.18. The lowest BCUT2D eigenvalue weighted by Gasteiger charge is -1.93. The lowest BCUT2D eigenvalue weighted by Crippen LogP contribution is -1.92. The molecule has 0 aliphatic carbocycles. The standard InChI is InChI=1S/C6H14BN/c1-2-3-4-5-6(7)8/h8H,2-5,7H2,1H3. The fraction of sp³-hybridized carbons (Fsp3) is 0.833. The summed E-state index contributed by atoms with van der Waals surface area (Å²) in [4.78, 5) is 0. The van der Waals surface area contributed by atoms with Crippen molar-refractivity contribution < 1.29 is 0 Å². The van der Waals surface area contributed by atoms with E-state index in [9.17, 15) is 0 Å². The number of unbranched alkanes of at least 4 members (excludes halogenated alkanes) is 2. The summed E-state index contributed by atoms with van der Waals surface area (Å²) in [6, 6.07) is 0. The first-order chi connectivity index (χ1) is 3.77. The third-order valence-electron chi connectivity index (χ3n) is 1.16. The van der Waals surface area contributed by atoms with E-state index in [-0.39, 0.29) is 0 Å². The van der Waals surface area contributed by atoms with Crippen LogP contribution in [0.2, 0.25) is 0 Å². The molecule has 0 aromatic rings. The van der Waals surface area contributed by atoms with Crippen molar-refractivity contribution in [2.45, 2.75) is 32.6 Å². The van der Waals surface area contributed by atoms with Gasteiger partial charge in [0.1, 0.15) is 0 Å². The Bertz CT molecular complexity index is 70.9. The first-order valence-electron chi connectivity index (χ1n) is 3.31. The van der Waals surface area contributed by atoms with Crippen LogP contribution in [0.4, 0.5) is 0 Å². The van der Waals surface area contributed by atoms with E-state index in [1.54, 1.807) is 0 Å². The minimum Gasteiger partial charge on any atom is -0.320 e. The first kappa shape index (κ1) is 7.73. The van der Waals surface area contributed by atoms with Crippen molar-refractivity contribution in [2.75, 3.05) is 0 Å². The van der Waals surface area contributed by atoms with Crippen molar-refractivity contribution >= 4 is 13.5 Å². The molecule has 0 heterocycles. The maximum absolute atomic E-state index is 7.07. The largest absolute Gasteiger partial charge is 0.320 e. The van der Waals surface area contributed by atoms with Gasteiger partial charge in [0.2, 0.25) is 0 Å². The lowest BCUT2D eigenvalue weighted by molar-refractivity contribution is 0.743. The molecule has 0 unspecified atom stereocenters. The van der Waals surface area contributed by atoms with Crippen LogP contribution in [0.3, 0.4) is 0 Å². The molecule has 0 aromatic carbocycles. The van der Waals surface area contributed by atoms with E-state index in [0.29, 0.717) is 0 Å². The van der Waals surface area contributed by atoms with Crippen LogP contribution in [0, 0.1) is 5.41 Å². The SMILES string of the molecule is BC(=N)CCCCC. The maximum Gasteiger partial charge on any atom is 0.157 e. The van der Waals surface area contributed by atoms with Gasteiger partial charge in [0.05, 0.1) is 0 Å². The van der Waals surface area contributed by atoms with E-state index in [1.807, 2.05) is 7.85 Å². The fourth-order valence-corrected chi connectivity index (χ4v) is 0.640. The summed E-state index contributed by atoms with van der Waals surface area (Å²) in [5.41, 5.74) is 0.818. The van der Waals surface area contributed by atoms with E-state index >= 15 is 0 Å². The van der Waals surface area contributed by atoms with Crippen LogP contribution in [0.25, 0.3) is 0 Å². The lowest BCUT2D eigenvalue weighted by atomic mass is 9.96. The average Bonchev–Trinajstić information content (AvgIpc) is 1.66. The molecule has 1 nitrogen and oxygen atoms in total. The van der Waals surface area contributed by atoms with Gasteiger partial charge in [0.25, 0.3) is 0 Å². The summed E-state index contributed by atoms with van der Waals surface area (Å²) in [5, 5.41) is 7.07. The molecule has 0 atom stereocenters. The van der Waals surface area contributed by atoms with Crippen LogP contribution >= 0.6 is 0 Å². The molecule has 8 heavy (non-hydrogen) atoms. The van der Waals surface area contributed by atoms with Crippen molar-refractivity contribution in [3.63, 3.8) is 0 Å².